The van der Waals surface area contributed by atoms with E-state index in [9.17, 15) is 38.2 Å². The normalized spacial score (nSPS) is 21.6. The molecule has 0 radical (unpaired) electrons. The van der Waals surface area contributed by atoms with Gasteiger partial charge in [0.15, 0.2) is 6.23 Å². The highest BCUT2D eigenvalue weighted by Gasteiger charge is 2.45. The summed E-state index contributed by atoms with van der Waals surface area (Å²) in [5, 5.41) is 20.8. The van der Waals surface area contributed by atoms with E-state index < -0.39 is 65.9 Å². The van der Waals surface area contributed by atoms with Gasteiger partial charge in [-0.3, -0.25) is 14.2 Å². The lowest BCUT2D eigenvalue weighted by atomic mass is 10.1. The minimum atomic E-state index is -1.69. The van der Waals surface area contributed by atoms with Gasteiger partial charge in [0.1, 0.15) is 36.6 Å². The van der Waals surface area contributed by atoms with Gasteiger partial charge in [-0.15, -0.1) is 0 Å². The molecule has 1 aromatic heterocycles. The van der Waals surface area contributed by atoms with E-state index in [0.29, 0.717) is 0 Å². The van der Waals surface area contributed by atoms with Gasteiger partial charge in [-0.1, -0.05) is 0 Å². The highest BCUT2D eigenvalue weighted by atomic mass is 19.1. The number of hydrogen-bond donors (Lipinski definition) is 2. The molecule has 0 aliphatic carbocycles. The van der Waals surface area contributed by atoms with Crippen molar-refractivity contribution in [3.8, 4) is 0 Å². The van der Waals surface area contributed by atoms with Gasteiger partial charge < -0.3 is 19.7 Å². The molecule has 4 rings (SSSR count). The molecule has 4 atom stereocenters. The second kappa shape index (κ2) is 9.70. The number of aliphatic hydroxyl groups is 2. The Balaban J connectivity index is 1.54. The van der Waals surface area contributed by atoms with Crippen LogP contribution in [0.5, 0.6) is 0 Å². The summed E-state index contributed by atoms with van der Waals surface area (Å²) in [7, 11) is 0. The number of carbonyl (C=O) groups is 2. The van der Waals surface area contributed by atoms with Crippen LogP contribution in [0.25, 0.3) is 0 Å². The second-order valence-electron chi connectivity index (χ2n) is 7.64. The molecule has 182 valence electrons. The molecule has 2 aromatic carbocycles. The topological polar surface area (TPSA) is 137 Å². The van der Waals surface area contributed by atoms with Crippen molar-refractivity contribution in [3.05, 3.63) is 104 Å². The summed E-state index contributed by atoms with van der Waals surface area (Å²) in [6.45, 7) is -0.520. The lowest BCUT2D eigenvalue weighted by molar-refractivity contribution is -0.0602. The van der Waals surface area contributed by atoms with Crippen molar-refractivity contribution in [1.82, 2.24) is 9.13 Å². The summed E-state index contributed by atoms with van der Waals surface area (Å²) in [4.78, 5) is 50.0. The highest BCUT2D eigenvalue weighted by molar-refractivity contribution is 5.95. The number of rotatable bonds is 5. The minimum absolute atomic E-state index is 0.0404. The first-order valence-electron chi connectivity index (χ1n) is 10.3. The Morgan fingerprint density at radius 3 is 2.06 bits per heavy atom. The Hall–Kier alpha value is -4.00. The molecule has 2 heterocycles. The van der Waals surface area contributed by atoms with Crippen molar-refractivity contribution in [2.24, 2.45) is 0 Å². The summed E-state index contributed by atoms with van der Waals surface area (Å²) in [5.41, 5.74) is -2.24. The van der Waals surface area contributed by atoms with Crippen LogP contribution >= 0.6 is 0 Å². The predicted octanol–water partition coefficient (Wildman–Crippen LogP) is 0.453. The third-order valence-corrected chi connectivity index (χ3v) is 5.37. The van der Waals surface area contributed by atoms with Gasteiger partial charge in [-0.05, 0) is 48.5 Å². The van der Waals surface area contributed by atoms with E-state index in [-0.39, 0.29) is 15.7 Å². The van der Waals surface area contributed by atoms with E-state index in [2.05, 4.69) is 0 Å². The average Bonchev–Trinajstić information content (AvgIpc) is 3.12. The van der Waals surface area contributed by atoms with E-state index >= 15 is 0 Å². The van der Waals surface area contributed by atoms with Crippen molar-refractivity contribution in [3.63, 3.8) is 0 Å². The van der Waals surface area contributed by atoms with E-state index in [1.807, 2.05) is 0 Å². The van der Waals surface area contributed by atoms with Crippen LogP contribution in [0.2, 0.25) is 0 Å². The molecule has 10 nitrogen and oxygen atoms in total. The molecule has 1 aliphatic heterocycles. The standard InChI is InChI=1S/C23H18F2N2O8/c24-14-5-1-12(2-6-14)20(31)27-17(28)9-10-26(23(27)33)21-19(30)18(29)16(35-21)11-34-22(32)13-3-7-15(25)8-4-13/h1-10,16,18-19,21,29-30H,11H2/t16-,18-,19+,21-/m0/s1. The van der Waals surface area contributed by atoms with E-state index in [1.54, 1.807) is 0 Å². The van der Waals surface area contributed by atoms with Crippen molar-refractivity contribution in [2.45, 2.75) is 24.5 Å². The second-order valence-corrected chi connectivity index (χ2v) is 7.64. The lowest BCUT2D eigenvalue weighted by Gasteiger charge is -2.18. The molecular formula is C23H18F2N2O8. The third kappa shape index (κ3) is 4.80. The van der Waals surface area contributed by atoms with Crippen molar-refractivity contribution < 1.29 is 38.1 Å². The summed E-state index contributed by atoms with van der Waals surface area (Å²) in [6.07, 6.45) is -5.10. The van der Waals surface area contributed by atoms with Gasteiger partial charge in [-0.2, -0.15) is 4.57 Å². The maximum absolute atomic E-state index is 13.2. The van der Waals surface area contributed by atoms with E-state index in [0.717, 1.165) is 53.2 Å². The summed E-state index contributed by atoms with van der Waals surface area (Å²) >= 11 is 0. The monoisotopic (exact) mass is 488 g/mol. The number of carbonyl (C=O) groups excluding carboxylic acids is 2. The summed E-state index contributed by atoms with van der Waals surface area (Å²) < 4.78 is 37.7. The number of hydrogen-bond acceptors (Lipinski definition) is 8. The quantitative estimate of drug-likeness (QED) is 0.494. The number of benzene rings is 2. The molecular weight excluding hydrogens is 470 g/mol. The molecule has 0 bridgehead atoms. The van der Waals surface area contributed by atoms with Crippen molar-refractivity contribution in [2.75, 3.05) is 6.61 Å². The number of ether oxygens (including phenoxy) is 2. The molecule has 35 heavy (non-hydrogen) atoms. The minimum Gasteiger partial charge on any atom is -0.459 e. The van der Waals surface area contributed by atoms with Crippen molar-refractivity contribution >= 4 is 11.9 Å². The number of aliphatic hydroxyl groups excluding tert-OH is 2. The molecule has 1 saturated heterocycles. The Labute approximate surface area is 195 Å². The highest BCUT2D eigenvalue weighted by Crippen LogP contribution is 2.28. The van der Waals surface area contributed by atoms with E-state index in [1.165, 1.54) is 12.1 Å². The predicted molar refractivity (Wildman–Crippen MR) is 114 cm³/mol. The Morgan fingerprint density at radius 1 is 0.886 bits per heavy atom. The SMILES string of the molecule is O=C(OC[C@@H]1O[C@H](n2ccc(=O)n(C(=O)c3ccc(F)cc3)c2=O)[C@H](O)[C@H]1O)c1ccc(F)cc1. The first-order valence-corrected chi connectivity index (χ1v) is 10.3. The molecule has 12 heteroatoms. The Kier molecular flexibility index (Phi) is 6.69. The zero-order valence-corrected chi connectivity index (χ0v) is 17.8. The first kappa shape index (κ1) is 24.1. The van der Waals surface area contributed by atoms with Crippen LogP contribution in [0.15, 0.2) is 70.4 Å². The maximum Gasteiger partial charge on any atom is 0.340 e. The van der Waals surface area contributed by atoms with Gasteiger partial charge in [-0.25, -0.2) is 18.4 Å². The zero-order valence-electron chi connectivity index (χ0n) is 17.8. The largest absolute Gasteiger partial charge is 0.459 e. The summed E-state index contributed by atoms with van der Waals surface area (Å²) in [5.74, 6) is -3.05. The Bertz CT molecular complexity index is 1370. The van der Waals surface area contributed by atoms with Crippen LogP contribution < -0.4 is 11.2 Å². The Morgan fingerprint density at radius 2 is 1.46 bits per heavy atom. The molecule has 0 spiro atoms. The van der Waals surface area contributed by atoms with Crippen LogP contribution in [0.4, 0.5) is 8.78 Å². The van der Waals surface area contributed by atoms with Crippen molar-refractivity contribution in [1.29, 1.82) is 0 Å². The van der Waals surface area contributed by atoms with E-state index in [4.69, 9.17) is 9.47 Å². The fourth-order valence-corrected chi connectivity index (χ4v) is 3.52. The number of esters is 1. The number of halogens is 2. The van der Waals surface area contributed by atoms with Crippen LogP contribution in [0.3, 0.4) is 0 Å². The first-order chi connectivity index (χ1) is 16.7. The zero-order chi connectivity index (χ0) is 25.3. The van der Waals surface area contributed by atoms with Crippen LogP contribution in [-0.2, 0) is 9.47 Å². The van der Waals surface area contributed by atoms with Gasteiger partial charge in [0.2, 0.25) is 0 Å². The molecule has 0 unspecified atom stereocenters. The number of nitrogens with zero attached hydrogens (tertiary/aromatic N) is 2. The van der Waals surface area contributed by atoms with Gasteiger partial charge in [0.25, 0.3) is 11.5 Å². The number of aromatic nitrogens is 2. The van der Waals surface area contributed by atoms with Crippen LogP contribution in [0.1, 0.15) is 26.9 Å². The van der Waals surface area contributed by atoms with Gasteiger partial charge in [0, 0.05) is 17.8 Å². The van der Waals surface area contributed by atoms with Crippen LogP contribution in [-0.4, -0.2) is 56.1 Å². The van der Waals surface area contributed by atoms with Gasteiger partial charge >= 0.3 is 11.7 Å². The van der Waals surface area contributed by atoms with Gasteiger partial charge in [0.05, 0.1) is 5.56 Å². The lowest BCUT2D eigenvalue weighted by Crippen LogP contribution is -2.46. The fourth-order valence-electron chi connectivity index (χ4n) is 3.52. The van der Waals surface area contributed by atoms with Crippen LogP contribution in [0, 0.1) is 11.6 Å². The molecule has 0 amide bonds. The smallest absolute Gasteiger partial charge is 0.340 e. The molecule has 1 aliphatic rings. The molecule has 3 aromatic rings. The molecule has 0 saturated carbocycles. The fraction of sp³-hybridized carbons (Fsp3) is 0.217. The maximum atomic E-state index is 13.2. The molecule has 2 N–H and O–H groups in total. The summed E-state index contributed by atoms with van der Waals surface area (Å²) in [6, 6.07) is 9.55. The average molecular weight is 488 g/mol. The molecule has 1 fully saturated rings. The third-order valence-electron chi connectivity index (χ3n) is 5.37.